The quantitative estimate of drug-likeness (QED) is 0.645. The number of benzene rings is 1. The zero-order valence-corrected chi connectivity index (χ0v) is 10.2. The smallest absolute Gasteiger partial charge is 0.338 e. The maximum Gasteiger partial charge on any atom is 0.338 e. The molecule has 16 heavy (non-hydrogen) atoms. The number of hydrogen-bond donors (Lipinski definition) is 2. The molecular formula is C8H2Cl4O4. The molecule has 0 saturated heterocycles. The molecule has 0 saturated carbocycles. The van der Waals surface area contributed by atoms with Crippen LogP contribution in [0.4, 0.5) is 0 Å². The van der Waals surface area contributed by atoms with E-state index in [0.717, 1.165) is 0 Å². The first-order valence-electron chi connectivity index (χ1n) is 3.61. The molecule has 0 aliphatic rings. The summed E-state index contributed by atoms with van der Waals surface area (Å²) in [6, 6.07) is 0. The molecule has 0 bridgehead atoms. The van der Waals surface area contributed by atoms with Crippen LogP contribution in [0.15, 0.2) is 0 Å². The van der Waals surface area contributed by atoms with Gasteiger partial charge in [0.1, 0.15) is 0 Å². The molecule has 0 aromatic heterocycles. The number of carbonyl (C=O) groups is 2. The van der Waals surface area contributed by atoms with Gasteiger partial charge in [0, 0.05) is 0 Å². The van der Waals surface area contributed by atoms with Gasteiger partial charge in [-0.2, -0.15) is 0 Å². The molecule has 1 aromatic rings. The van der Waals surface area contributed by atoms with E-state index < -0.39 is 33.1 Å². The minimum Gasteiger partial charge on any atom is -0.478 e. The summed E-state index contributed by atoms with van der Waals surface area (Å²) in [6.45, 7) is 0. The molecule has 0 spiro atoms. The second-order valence-corrected chi connectivity index (χ2v) is 4.13. The minimum atomic E-state index is -1.55. The van der Waals surface area contributed by atoms with Crippen molar-refractivity contribution in [2.45, 2.75) is 0 Å². The van der Waals surface area contributed by atoms with E-state index >= 15 is 0 Å². The van der Waals surface area contributed by atoms with Crippen LogP contribution in [-0.2, 0) is 0 Å². The Labute approximate surface area is 109 Å². The second kappa shape index (κ2) is 4.67. The number of rotatable bonds is 2. The van der Waals surface area contributed by atoms with Crippen molar-refractivity contribution >= 4 is 58.3 Å². The van der Waals surface area contributed by atoms with Crippen molar-refractivity contribution in [3.05, 3.63) is 31.2 Å². The number of aromatic carboxylic acids is 2. The van der Waals surface area contributed by atoms with Gasteiger partial charge >= 0.3 is 11.9 Å². The summed E-state index contributed by atoms with van der Waals surface area (Å²) in [6.07, 6.45) is 0. The molecule has 4 nitrogen and oxygen atoms in total. The Morgan fingerprint density at radius 3 is 1.12 bits per heavy atom. The van der Waals surface area contributed by atoms with Crippen molar-refractivity contribution in [2.75, 3.05) is 0 Å². The zero-order chi connectivity index (χ0) is 12.6. The summed E-state index contributed by atoms with van der Waals surface area (Å²) < 4.78 is 0. The molecule has 0 fully saturated rings. The van der Waals surface area contributed by atoms with Crippen molar-refractivity contribution in [2.24, 2.45) is 0 Å². The summed E-state index contributed by atoms with van der Waals surface area (Å²) >= 11 is 22.4. The predicted octanol–water partition coefficient (Wildman–Crippen LogP) is 3.70. The number of hydrogen-bond acceptors (Lipinski definition) is 2. The van der Waals surface area contributed by atoms with Crippen LogP contribution in [0.5, 0.6) is 0 Å². The average molecular weight is 304 g/mol. The van der Waals surface area contributed by atoms with Gasteiger partial charge in [-0.05, 0) is 0 Å². The molecule has 1 rings (SSSR count). The summed E-state index contributed by atoms with van der Waals surface area (Å²) in [5.41, 5.74) is -1.37. The Morgan fingerprint density at radius 1 is 0.688 bits per heavy atom. The fourth-order valence-corrected chi connectivity index (χ4v) is 2.05. The van der Waals surface area contributed by atoms with E-state index in [1.807, 2.05) is 0 Å². The third kappa shape index (κ3) is 2.06. The summed E-state index contributed by atoms with van der Waals surface area (Å²) in [4.78, 5) is 21.7. The van der Waals surface area contributed by atoms with Crippen molar-refractivity contribution in [1.82, 2.24) is 0 Å². The fraction of sp³-hybridized carbons (Fsp3) is 0. The lowest BCUT2D eigenvalue weighted by molar-refractivity contribution is 0.0652. The molecular weight excluding hydrogens is 302 g/mol. The molecule has 8 heteroatoms. The van der Waals surface area contributed by atoms with E-state index in [9.17, 15) is 9.59 Å². The highest BCUT2D eigenvalue weighted by Gasteiger charge is 2.28. The first kappa shape index (κ1) is 13.4. The van der Waals surface area contributed by atoms with Crippen LogP contribution in [0.3, 0.4) is 0 Å². The van der Waals surface area contributed by atoms with Crippen molar-refractivity contribution in [3.8, 4) is 0 Å². The van der Waals surface area contributed by atoms with Crippen LogP contribution in [0.1, 0.15) is 20.7 Å². The highest BCUT2D eigenvalue weighted by Crippen LogP contribution is 2.41. The van der Waals surface area contributed by atoms with E-state index in [-0.39, 0.29) is 10.0 Å². The van der Waals surface area contributed by atoms with Crippen LogP contribution in [0, 0.1) is 0 Å². The number of carboxylic acid groups (broad SMARTS) is 2. The Balaban J connectivity index is 3.83. The van der Waals surface area contributed by atoms with Crippen LogP contribution >= 0.6 is 46.4 Å². The third-order valence-electron chi connectivity index (χ3n) is 1.69. The highest BCUT2D eigenvalue weighted by atomic mass is 35.5. The molecule has 0 atom stereocenters. The topological polar surface area (TPSA) is 74.6 Å². The lowest BCUT2D eigenvalue weighted by Gasteiger charge is -2.10. The molecule has 0 amide bonds. The average Bonchev–Trinajstić information content (AvgIpc) is 2.18. The van der Waals surface area contributed by atoms with Gasteiger partial charge in [0.15, 0.2) is 0 Å². The molecule has 86 valence electrons. The standard InChI is InChI=1S/C8H2Cl4O4/c9-3-1(7(13)14)2(8(15)16)4(10)6(12)5(3)11/h(H,13,14)(H,15,16). The maximum absolute atomic E-state index is 10.9. The molecule has 1 aromatic carbocycles. The Kier molecular flexibility index (Phi) is 3.91. The summed E-state index contributed by atoms with van der Waals surface area (Å²) in [7, 11) is 0. The fourth-order valence-electron chi connectivity index (χ4n) is 1.03. The highest BCUT2D eigenvalue weighted by molar-refractivity contribution is 6.53. The Hall–Kier alpha value is -0.680. The third-order valence-corrected chi connectivity index (χ3v) is 3.50. The lowest BCUT2D eigenvalue weighted by atomic mass is 10.1. The Bertz CT molecular complexity index is 453. The SMILES string of the molecule is O=C(O)c1c(Cl)c(Cl)c(Cl)c(Cl)c1C(=O)O. The first-order chi connectivity index (χ1) is 7.29. The second-order valence-electron chi connectivity index (χ2n) is 2.62. The summed E-state index contributed by atoms with van der Waals surface area (Å²) in [5.74, 6) is -3.11. The number of halogens is 4. The van der Waals surface area contributed by atoms with Gasteiger partial charge in [-0.3, -0.25) is 0 Å². The van der Waals surface area contributed by atoms with E-state index in [4.69, 9.17) is 56.6 Å². The molecule has 2 N–H and O–H groups in total. The van der Waals surface area contributed by atoms with Gasteiger partial charge in [0.25, 0.3) is 0 Å². The van der Waals surface area contributed by atoms with Crippen molar-refractivity contribution in [1.29, 1.82) is 0 Å². The van der Waals surface area contributed by atoms with Gasteiger partial charge in [0.2, 0.25) is 0 Å². The molecule has 0 unspecified atom stereocenters. The van der Waals surface area contributed by atoms with Gasteiger partial charge in [-0.1, -0.05) is 46.4 Å². The van der Waals surface area contributed by atoms with Crippen molar-refractivity contribution < 1.29 is 19.8 Å². The predicted molar refractivity (Wildman–Crippen MR) is 60.4 cm³/mol. The van der Waals surface area contributed by atoms with E-state index in [0.29, 0.717) is 0 Å². The Morgan fingerprint density at radius 2 is 0.938 bits per heavy atom. The molecule has 0 aliphatic heterocycles. The summed E-state index contributed by atoms with van der Waals surface area (Å²) in [5, 5.41) is 16.1. The number of carboxylic acids is 2. The largest absolute Gasteiger partial charge is 0.478 e. The first-order valence-corrected chi connectivity index (χ1v) is 5.12. The normalized spacial score (nSPS) is 10.2. The molecule has 0 aliphatic carbocycles. The van der Waals surface area contributed by atoms with E-state index in [1.165, 1.54) is 0 Å². The van der Waals surface area contributed by atoms with Gasteiger partial charge in [-0.25, -0.2) is 9.59 Å². The lowest BCUT2D eigenvalue weighted by Crippen LogP contribution is -2.10. The van der Waals surface area contributed by atoms with Gasteiger partial charge in [0.05, 0.1) is 31.2 Å². The van der Waals surface area contributed by atoms with Crippen LogP contribution in [0.25, 0.3) is 0 Å². The molecule has 0 heterocycles. The van der Waals surface area contributed by atoms with E-state index in [1.54, 1.807) is 0 Å². The van der Waals surface area contributed by atoms with Crippen LogP contribution in [0.2, 0.25) is 20.1 Å². The molecule has 0 radical (unpaired) electrons. The minimum absolute atomic E-state index is 0.296. The maximum atomic E-state index is 10.9. The van der Waals surface area contributed by atoms with Crippen LogP contribution < -0.4 is 0 Å². The van der Waals surface area contributed by atoms with Crippen LogP contribution in [-0.4, -0.2) is 22.2 Å². The van der Waals surface area contributed by atoms with E-state index in [2.05, 4.69) is 0 Å². The zero-order valence-electron chi connectivity index (χ0n) is 7.22. The van der Waals surface area contributed by atoms with Gasteiger partial charge in [-0.15, -0.1) is 0 Å². The van der Waals surface area contributed by atoms with Crippen molar-refractivity contribution in [3.63, 3.8) is 0 Å². The van der Waals surface area contributed by atoms with Gasteiger partial charge < -0.3 is 10.2 Å². The monoisotopic (exact) mass is 302 g/mol.